The third-order valence-corrected chi connectivity index (χ3v) is 6.69. The maximum Gasteiger partial charge on any atom is 0.338 e. The number of carbonyl (C=O) groups excluding carboxylic acids is 2. The Labute approximate surface area is 210 Å². The molecule has 186 valence electrons. The molecule has 0 saturated carbocycles. The van der Waals surface area contributed by atoms with Gasteiger partial charge in [0.15, 0.2) is 10.8 Å². The SMILES string of the molecule is CCOC(=O)C1=C(CN2CCOCC2COC=O)NC(c2nccs2)=NC1c1ccc(F)cc1Cl. The van der Waals surface area contributed by atoms with E-state index in [-0.39, 0.29) is 29.9 Å². The normalized spacial score (nSPS) is 20.7. The van der Waals surface area contributed by atoms with Crippen molar-refractivity contribution in [1.29, 1.82) is 0 Å². The van der Waals surface area contributed by atoms with Crippen LogP contribution in [0.5, 0.6) is 0 Å². The molecule has 9 nitrogen and oxygen atoms in total. The summed E-state index contributed by atoms with van der Waals surface area (Å²) < 4.78 is 29.8. The molecular formula is C23H24ClFN4O5S. The van der Waals surface area contributed by atoms with E-state index >= 15 is 0 Å². The molecule has 0 spiro atoms. The number of amidine groups is 1. The number of hydrogen-bond donors (Lipinski definition) is 1. The van der Waals surface area contributed by atoms with Gasteiger partial charge < -0.3 is 19.5 Å². The Bertz CT molecular complexity index is 1130. The number of benzene rings is 1. The molecule has 1 saturated heterocycles. The van der Waals surface area contributed by atoms with Gasteiger partial charge in [0, 0.05) is 40.9 Å². The number of rotatable bonds is 9. The highest BCUT2D eigenvalue weighted by Gasteiger charge is 2.36. The molecule has 2 aliphatic rings. The maximum absolute atomic E-state index is 13.8. The summed E-state index contributed by atoms with van der Waals surface area (Å²) >= 11 is 7.79. The van der Waals surface area contributed by atoms with Gasteiger partial charge in [-0.1, -0.05) is 17.7 Å². The van der Waals surface area contributed by atoms with Crippen molar-refractivity contribution in [2.45, 2.75) is 19.0 Å². The molecule has 1 N–H and O–H groups in total. The molecule has 0 bridgehead atoms. The van der Waals surface area contributed by atoms with Crippen LogP contribution in [0.3, 0.4) is 0 Å². The topological polar surface area (TPSA) is 102 Å². The molecule has 2 aromatic rings. The lowest BCUT2D eigenvalue weighted by atomic mass is 9.95. The molecule has 1 fully saturated rings. The molecule has 1 aromatic heterocycles. The molecule has 0 radical (unpaired) electrons. The zero-order valence-electron chi connectivity index (χ0n) is 18.9. The molecule has 2 aliphatic heterocycles. The zero-order chi connectivity index (χ0) is 24.8. The Kier molecular flexibility index (Phi) is 8.45. The fraction of sp³-hybridized carbons (Fsp3) is 0.391. The third kappa shape index (κ3) is 5.87. The molecule has 4 rings (SSSR count). The van der Waals surface area contributed by atoms with Gasteiger partial charge >= 0.3 is 5.97 Å². The highest BCUT2D eigenvalue weighted by atomic mass is 35.5. The minimum atomic E-state index is -0.844. The summed E-state index contributed by atoms with van der Waals surface area (Å²) in [5.74, 6) is -0.594. The van der Waals surface area contributed by atoms with Crippen molar-refractivity contribution in [3.8, 4) is 0 Å². The lowest BCUT2D eigenvalue weighted by Gasteiger charge is -2.37. The quantitative estimate of drug-likeness (QED) is 0.396. The van der Waals surface area contributed by atoms with Crippen molar-refractivity contribution in [3.05, 3.63) is 62.5 Å². The van der Waals surface area contributed by atoms with Gasteiger partial charge in [-0.2, -0.15) is 0 Å². The van der Waals surface area contributed by atoms with Crippen LogP contribution in [0.15, 0.2) is 46.0 Å². The van der Waals surface area contributed by atoms with E-state index in [1.54, 1.807) is 13.1 Å². The van der Waals surface area contributed by atoms with E-state index in [1.807, 2.05) is 5.38 Å². The van der Waals surface area contributed by atoms with Crippen LogP contribution in [0.4, 0.5) is 4.39 Å². The lowest BCUT2D eigenvalue weighted by Crippen LogP contribution is -2.50. The van der Waals surface area contributed by atoms with Crippen molar-refractivity contribution >= 4 is 41.2 Å². The Balaban J connectivity index is 1.79. The summed E-state index contributed by atoms with van der Waals surface area (Å²) in [6, 6.07) is 2.93. The molecule has 0 amide bonds. The van der Waals surface area contributed by atoms with Gasteiger partial charge in [0.1, 0.15) is 18.5 Å². The summed E-state index contributed by atoms with van der Waals surface area (Å²) in [7, 11) is 0. The second-order valence-corrected chi connectivity index (χ2v) is 9.05. The Morgan fingerprint density at radius 1 is 1.46 bits per heavy atom. The summed E-state index contributed by atoms with van der Waals surface area (Å²) in [6.45, 7) is 4.13. The van der Waals surface area contributed by atoms with Gasteiger partial charge in [0.2, 0.25) is 0 Å². The summed E-state index contributed by atoms with van der Waals surface area (Å²) in [5, 5.41) is 5.85. The van der Waals surface area contributed by atoms with Crippen LogP contribution in [-0.4, -0.2) is 73.7 Å². The van der Waals surface area contributed by atoms with Gasteiger partial charge in [-0.25, -0.2) is 14.2 Å². The Hall–Kier alpha value is -2.86. The van der Waals surface area contributed by atoms with Crippen LogP contribution in [0.1, 0.15) is 23.5 Å². The summed E-state index contributed by atoms with van der Waals surface area (Å²) in [5.41, 5.74) is 1.28. The first-order valence-electron chi connectivity index (χ1n) is 11.0. The van der Waals surface area contributed by atoms with Crippen molar-refractivity contribution in [2.24, 2.45) is 4.99 Å². The Morgan fingerprint density at radius 3 is 3.03 bits per heavy atom. The van der Waals surface area contributed by atoms with Gasteiger partial charge in [-0.15, -0.1) is 11.3 Å². The number of ether oxygens (including phenoxy) is 3. The minimum absolute atomic E-state index is 0.143. The number of hydrogen-bond acceptors (Lipinski definition) is 10. The third-order valence-electron chi connectivity index (χ3n) is 5.58. The van der Waals surface area contributed by atoms with Crippen molar-refractivity contribution < 1.29 is 28.2 Å². The number of nitrogens with zero attached hydrogens (tertiary/aromatic N) is 3. The number of thiazole rings is 1. The predicted molar refractivity (Wildman–Crippen MR) is 128 cm³/mol. The number of aromatic nitrogens is 1. The first-order chi connectivity index (χ1) is 17.0. The maximum atomic E-state index is 13.8. The fourth-order valence-electron chi connectivity index (χ4n) is 3.97. The van der Waals surface area contributed by atoms with Gasteiger partial charge in [-0.3, -0.25) is 14.7 Å². The highest BCUT2D eigenvalue weighted by molar-refractivity contribution is 7.11. The molecule has 2 atom stereocenters. The van der Waals surface area contributed by atoms with Crippen LogP contribution >= 0.6 is 22.9 Å². The van der Waals surface area contributed by atoms with E-state index in [1.165, 1.54) is 29.5 Å². The molecule has 0 aliphatic carbocycles. The first kappa shape index (κ1) is 25.2. The van der Waals surface area contributed by atoms with Crippen LogP contribution in [0.2, 0.25) is 5.02 Å². The van der Waals surface area contributed by atoms with Crippen LogP contribution in [0.25, 0.3) is 0 Å². The lowest BCUT2D eigenvalue weighted by molar-refractivity contribution is -0.139. The van der Waals surface area contributed by atoms with Crippen molar-refractivity contribution in [2.75, 3.05) is 39.5 Å². The molecule has 3 heterocycles. The van der Waals surface area contributed by atoms with Gasteiger partial charge in [-0.05, 0) is 19.1 Å². The monoisotopic (exact) mass is 522 g/mol. The van der Waals surface area contributed by atoms with E-state index < -0.39 is 17.8 Å². The average Bonchev–Trinajstić information content (AvgIpc) is 3.38. The first-order valence-corrected chi connectivity index (χ1v) is 12.2. The summed E-state index contributed by atoms with van der Waals surface area (Å²) in [6.07, 6.45) is 1.66. The van der Waals surface area contributed by atoms with Crippen molar-refractivity contribution in [3.63, 3.8) is 0 Å². The van der Waals surface area contributed by atoms with Gasteiger partial charge in [0.25, 0.3) is 6.47 Å². The minimum Gasteiger partial charge on any atom is -0.466 e. The van der Waals surface area contributed by atoms with Crippen molar-refractivity contribution in [1.82, 2.24) is 15.2 Å². The van der Waals surface area contributed by atoms with Crippen LogP contribution < -0.4 is 5.32 Å². The van der Waals surface area contributed by atoms with Crippen LogP contribution in [-0.2, 0) is 23.8 Å². The summed E-state index contributed by atoms with van der Waals surface area (Å²) in [4.78, 5) is 35.1. The average molecular weight is 523 g/mol. The van der Waals surface area contributed by atoms with E-state index in [0.29, 0.717) is 54.9 Å². The zero-order valence-corrected chi connectivity index (χ0v) is 20.5. The fourth-order valence-corrected chi connectivity index (χ4v) is 4.83. The second kappa shape index (κ2) is 11.7. The molecule has 1 aromatic carbocycles. The largest absolute Gasteiger partial charge is 0.466 e. The second-order valence-electron chi connectivity index (χ2n) is 7.75. The number of esters is 1. The Morgan fingerprint density at radius 2 is 2.31 bits per heavy atom. The molecule has 35 heavy (non-hydrogen) atoms. The van der Waals surface area contributed by atoms with E-state index in [0.717, 1.165) is 0 Å². The smallest absolute Gasteiger partial charge is 0.338 e. The number of carbonyl (C=O) groups is 2. The molecule has 12 heteroatoms. The molecule has 2 unspecified atom stereocenters. The highest BCUT2D eigenvalue weighted by Crippen LogP contribution is 2.37. The van der Waals surface area contributed by atoms with Gasteiger partial charge in [0.05, 0.1) is 31.4 Å². The van der Waals surface area contributed by atoms with E-state index in [9.17, 15) is 14.0 Å². The van der Waals surface area contributed by atoms with E-state index in [4.69, 9.17) is 30.8 Å². The van der Waals surface area contributed by atoms with Crippen LogP contribution in [0, 0.1) is 5.82 Å². The number of halogens is 2. The number of aliphatic imine (C=N–C) groups is 1. The number of nitrogens with one attached hydrogen (secondary N) is 1. The molecular weight excluding hydrogens is 499 g/mol. The predicted octanol–water partition coefficient (Wildman–Crippen LogP) is 2.72. The standard InChI is InChI=1S/C23H24ClFN4O5S/c1-2-34-23(31)19-18(10-29-6-7-32-11-15(29)12-33-13-30)27-21(22-26-5-8-35-22)28-20(19)16-4-3-14(25)9-17(16)24/h3-5,8-9,13,15,20H,2,6-7,10-12H2,1H3,(H,27,28). The van der Waals surface area contributed by atoms with E-state index in [2.05, 4.69) is 15.2 Å². The number of morpholine rings is 1.